The number of nitrogens with one attached hydrogen (secondary N) is 2. The van der Waals surface area contributed by atoms with Crippen LogP contribution >= 0.6 is 12.4 Å². The molecule has 0 saturated heterocycles. The van der Waals surface area contributed by atoms with Crippen molar-refractivity contribution in [3.63, 3.8) is 0 Å². The van der Waals surface area contributed by atoms with Gasteiger partial charge in [-0.25, -0.2) is 0 Å². The molecule has 0 spiro atoms. The quantitative estimate of drug-likeness (QED) is 0.496. The number of aryl methyl sites for hydroxylation is 1. The molecule has 0 bridgehead atoms. The second kappa shape index (κ2) is 13.3. The van der Waals surface area contributed by atoms with Crippen molar-refractivity contribution in [1.82, 2.24) is 10.6 Å². The number of ketones is 1. The molecule has 0 aromatic heterocycles. The fraction of sp³-hybridized carbons (Fsp3) is 0.227. The minimum Gasteiger partial charge on any atom is -0.363 e. The molecule has 0 aliphatic heterocycles. The van der Waals surface area contributed by atoms with Gasteiger partial charge in [0.1, 0.15) is 0 Å². The average Bonchev–Trinajstić information content (AvgIpc) is 2.67. The summed E-state index contributed by atoms with van der Waals surface area (Å²) in [6, 6.07) is 14.0. The lowest BCUT2D eigenvalue weighted by atomic mass is 10.0. The molecule has 4 N–H and O–H groups in total. The Labute approximate surface area is 178 Å². The molecule has 2 rings (SSSR count). The Morgan fingerprint density at radius 2 is 1.52 bits per heavy atom. The number of rotatable bonds is 6. The van der Waals surface area contributed by atoms with Gasteiger partial charge in [-0.2, -0.15) is 0 Å². The van der Waals surface area contributed by atoms with Crippen LogP contribution in [0.2, 0.25) is 0 Å². The van der Waals surface area contributed by atoms with E-state index in [1.165, 1.54) is 12.5 Å². The first-order valence-electron chi connectivity index (χ1n) is 8.87. The summed E-state index contributed by atoms with van der Waals surface area (Å²) in [4.78, 5) is 34.9. The van der Waals surface area contributed by atoms with Crippen LogP contribution < -0.4 is 16.4 Å². The van der Waals surface area contributed by atoms with Crippen LogP contribution in [-0.4, -0.2) is 37.7 Å². The Kier molecular flexibility index (Phi) is 11.9. The van der Waals surface area contributed by atoms with E-state index in [4.69, 9.17) is 5.73 Å². The van der Waals surface area contributed by atoms with Crippen LogP contribution in [0, 0.1) is 6.92 Å². The summed E-state index contributed by atoms with van der Waals surface area (Å²) in [5.41, 5.74) is 8.26. The van der Waals surface area contributed by atoms with Gasteiger partial charge in [-0.1, -0.05) is 60.2 Å². The minimum absolute atomic E-state index is 0. The highest BCUT2D eigenvalue weighted by molar-refractivity contribution is 6.37. The highest BCUT2D eigenvalue weighted by Gasteiger charge is 2.21. The molecule has 0 radical (unpaired) electrons. The summed E-state index contributed by atoms with van der Waals surface area (Å²) in [5, 5.41) is 5.25. The van der Waals surface area contributed by atoms with Gasteiger partial charge in [0.15, 0.2) is 0 Å². The largest absolute Gasteiger partial charge is 0.363 e. The minimum atomic E-state index is -1.07. The van der Waals surface area contributed by atoms with Gasteiger partial charge in [0.2, 0.25) is 5.78 Å². The van der Waals surface area contributed by atoms with Crippen LogP contribution in [-0.2, 0) is 9.59 Å². The molecule has 6 nitrogen and oxygen atoms in total. The van der Waals surface area contributed by atoms with Gasteiger partial charge >= 0.3 is 0 Å². The summed E-state index contributed by atoms with van der Waals surface area (Å²) >= 11 is 0. The van der Waals surface area contributed by atoms with Crippen molar-refractivity contribution >= 4 is 42.2 Å². The van der Waals surface area contributed by atoms with Crippen molar-refractivity contribution < 1.29 is 14.4 Å². The number of carbonyl (C=O) groups is 3. The average molecular weight is 418 g/mol. The highest BCUT2D eigenvalue weighted by atomic mass is 35.5. The number of halogens is 1. The lowest BCUT2D eigenvalue weighted by Crippen LogP contribution is -2.44. The van der Waals surface area contributed by atoms with Gasteiger partial charge in [0, 0.05) is 5.56 Å². The van der Waals surface area contributed by atoms with E-state index >= 15 is 0 Å². The molecule has 0 aliphatic carbocycles. The molecular formula is C22H28ClN3O3. The molecule has 29 heavy (non-hydrogen) atoms. The number of hydrogen-bond acceptors (Lipinski definition) is 4. The lowest BCUT2D eigenvalue weighted by Gasteiger charge is -2.12. The number of primary amides is 1. The van der Waals surface area contributed by atoms with E-state index in [0.717, 1.165) is 5.56 Å². The SMILES string of the molecule is CNC.Cc1ccc(C=Cc2ccccc2C(=O)NC(C)C(=O)C(N)=O)cc1.Cl. The molecule has 7 heteroatoms. The maximum Gasteiger partial charge on any atom is 0.287 e. The van der Waals surface area contributed by atoms with Crippen LogP contribution in [0.15, 0.2) is 48.5 Å². The number of carbonyl (C=O) groups excluding carboxylic acids is 3. The molecule has 0 fully saturated rings. The van der Waals surface area contributed by atoms with Crippen LogP contribution in [0.5, 0.6) is 0 Å². The van der Waals surface area contributed by atoms with E-state index in [1.807, 2.05) is 63.5 Å². The number of Topliss-reactive ketones (excluding diaryl/α,β-unsaturated/α-hetero) is 1. The maximum atomic E-state index is 12.4. The van der Waals surface area contributed by atoms with Crippen molar-refractivity contribution in [2.24, 2.45) is 5.73 Å². The smallest absolute Gasteiger partial charge is 0.287 e. The maximum absolute atomic E-state index is 12.4. The van der Waals surface area contributed by atoms with Gasteiger partial charge in [-0.05, 0) is 45.1 Å². The predicted octanol–water partition coefficient (Wildman–Crippen LogP) is 2.60. The molecule has 0 aliphatic rings. The van der Waals surface area contributed by atoms with Gasteiger partial charge in [-0.3, -0.25) is 14.4 Å². The standard InChI is InChI=1S/C20H20N2O3.C2H7N.ClH/c1-13-7-9-15(10-8-13)11-12-16-5-3-4-6-17(16)20(25)22-14(2)18(23)19(21)24;1-3-2;/h3-12,14H,1-2H3,(H2,21,24)(H,22,25);3H,1-2H3;1H. The van der Waals surface area contributed by atoms with Crippen molar-refractivity contribution in [3.8, 4) is 0 Å². The molecular weight excluding hydrogens is 390 g/mol. The first-order valence-corrected chi connectivity index (χ1v) is 8.87. The summed E-state index contributed by atoms with van der Waals surface area (Å²) in [6.07, 6.45) is 3.74. The third-order valence-corrected chi connectivity index (χ3v) is 3.72. The van der Waals surface area contributed by atoms with Gasteiger partial charge < -0.3 is 16.4 Å². The summed E-state index contributed by atoms with van der Waals surface area (Å²) in [5.74, 6) is -2.34. The van der Waals surface area contributed by atoms with E-state index in [-0.39, 0.29) is 12.4 Å². The monoisotopic (exact) mass is 417 g/mol. The zero-order valence-corrected chi connectivity index (χ0v) is 17.9. The first kappa shape index (κ1) is 26.0. The number of nitrogens with two attached hydrogens (primary N) is 1. The lowest BCUT2D eigenvalue weighted by molar-refractivity contribution is -0.136. The van der Waals surface area contributed by atoms with E-state index < -0.39 is 23.6 Å². The Bertz CT molecular complexity index is 849. The molecule has 0 saturated carbocycles. The number of amides is 2. The van der Waals surface area contributed by atoms with Gasteiger partial charge in [0.25, 0.3) is 11.8 Å². The molecule has 2 aromatic rings. The molecule has 156 valence electrons. The number of benzene rings is 2. The van der Waals surface area contributed by atoms with Crippen LogP contribution in [0.4, 0.5) is 0 Å². The number of hydrogen-bond donors (Lipinski definition) is 3. The summed E-state index contributed by atoms with van der Waals surface area (Å²) in [6.45, 7) is 3.44. The predicted molar refractivity (Wildman–Crippen MR) is 120 cm³/mol. The van der Waals surface area contributed by atoms with E-state index in [0.29, 0.717) is 11.1 Å². The second-order valence-electron chi connectivity index (χ2n) is 6.25. The van der Waals surface area contributed by atoms with Crippen molar-refractivity contribution in [2.45, 2.75) is 19.9 Å². The van der Waals surface area contributed by atoms with Crippen LogP contribution in [0.3, 0.4) is 0 Å². The van der Waals surface area contributed by atoms with E-state index in [2.05, 4.69) is 10.6 Å². The zero-order chi connectivity index (χ0) is 21.1. The highest BCUT2D eigenvalue weighted by Crippen LogP contribution is 2.14. The fourth-order valence-electron chi connectivity index (χ4n) is 2.27. The Morgan fingerprint density at radius 3 is 2.07 bits per heavy atom. The van der Waals surface area contributed by atoms with E-state index in [9.17, 15) is 14.4 Å². The molecule has 1 unspecified atom stereocenters. The molecule has 2 amide bonds. The zero-order valence-electron chi connectivity index (χ0n) is 17.1. The van der Waals surface area contributed by atoms with Crippen molar-refractivity contribution in [3.05, 3.63) is 70.8 Å². The van der Waals surface area contributed by atoms with Gasteiger partial charge in [0.05, 0.1) is 6.04 Å². The van der Waals surface area contributed by atoms with E-state index in [1.54, 1.807) is 18.2 Å². The van der Waals surface area contributed by atoms with Crippen LogP contribution in [0.25, 0.3) is 12.2 Å². The molecule has 2 aromatic carbocycles. The Hall–Kier alpha value is -2.96. The molecule has 0 heterocycles. The Balaban J connectivity index is 0.00000184. The summed E-state index contributed by atoms with van der Waals surface area (Å²) < 4.78 is 0. The van der Waals surface area contributed by atoms with Crippen molar-refractivity contribution in [1.29, 1.82) is 0 Å². The first-order chi connectivity index (χ1) is 13.3. The molecule has 1 atom stereocenters. The van der Waals surface area contributed by atoms with Gasteiger partial charge in [-0.15, -0.1) is 12.4 Å². The normalized spacial score (nSPS) is 10.9. The Morgan fingerprint density at radius 1 is 0.966 bits per heavy atom. The second-order valence-corrected chi connectivity index (χ2v) is 6.25. The summed E-state index contributed by atoms with van der Waals surface area (Å²) in [7, 11) is 3.75. The third kappa shape index (κ3) is 8.72. The topological polar surface area (TPSA) is 101 Å². The van der Waals surface area contributed by atoms with Crippen molar-refractivity contribution in [2.75, 3.05) is 14.1 Å². The third-order valence-electron chi connectivity index (χ3n) is 3.72. The van der Waals surface area contributed by atoms with Crippen LogP contribution in [0.1, 0.15) is 34.0 Å². The fourth-order valence-corrected chi connectivity index (χ4v) is 2.27.